The maximum absolute atomic E-state index is 14.0. The van der Waals surface area contributed by atoms with Gasteiger partial charge in [-0.2, -0.15) is 0 Å². The summed E-state index contributed by atoms with van der Waals surface area (Å²) in [4.78, 5) is 62.6. The molecule has 4 saturated heterocycles. The molecule has 0 spiro atoms. The molecule has 3 amide bonds. The lowest BCUT2D eigenvalue weighted by molar-refractivity contribution is -0.177. The Hall–Kier alpha value is -5.21. The predicted octanol–water partition coefficient (Wildman–Crippen LogP) is 8.44. The number of alkyl carbamates (subject to hydrolysis) is 2. The van der Waals surface area contributed by atoms with Gasteiger partial charge in [-0.1, -0.05) is 70.5 Å². The molecule has 4 N–H and O–H groups in total. The molecule has 0 radical (unpaired) electrons. The summed E-state index contributed by atoms with van der Waals surface area (Å²) < 4.78 is 9.78. The number of ether oxygens (including phenoxy) is 2. The monoisotopic (exact) mass is 845 g/mol. The van der Waals surface area contributed by atoms with Crippen LogP contribution in [0.1, 0.15) is 133 Å². The smallest absolute Gasteiger partial charge is 0.407 e. The van der Waals surface area contributed by atoms with Crippen molar-refractivity contribution in [1.82, 2.24) is 45.3 Å². The average Bonchev–Trinajstić information content (AvgIpc) is 4.00. The molecule has 7 heterocycles. The second-order valence-corrected chi connectivity index (χ2v) is 19.2. The number of hydrogen-bond acceptors (Lipinski definition) is 9. The number of aromatic nitrogens is 4. The van der Waals surface area contributed by atoms with E-state index in [0.717, 1.165) is 93.1 Å². The van der Waals surface area contributed by atoms with Crippen molar-refractivity contribution in [3.8, 4) is 33.6 Å². The van der Waals surface area contributed by atoms with E-state index in [1.165, 1.54) is 42.0 Å². The number of aromatic amines is 2. The fourth-order valence-electron chi connectivity index (χ4n) is 11.3. The van der Waals surface area contributed by atoms with E-state index in [1.54, 1.807) is 0 Å². The van der Waals surface area contributed by atoms with Crippen molar-refractivity contribution in [2.24, 2.45) is 11.8 Å². The van der Waals surface area contributed by atoms with Gasteiger partial charge in [0.2, 0.25) is 5.91 Å². The van der Waals surface area contributed by atoms with Gasteiger partial charge >= 0.3 is 12.2 Å². The molecule has 5 aliphatic heterocycles. The predicted molar refractivity (Wildman–Crippen MR) is 237 cm³/mol. The van der Waals surface area contributed by atoms with Crippen molar-refractivity contribution in [3.63, 3.8) is 0 Å². The number of rotatable bonds is 12. The molecule has 7 atom stereocenters. The minimum Gasteiger partial charge on any atom is -0.453 e. The lowest BCUT2D eigenvalue weighted by Crippen LogP contribution is -2.66. The first-order valence-corrected chi connectivity index (χ1v) is 22.8. The lowest BCUT2D eigenvalue weighted by atomic mass is 9.68. The number of nitrogens with zero attached hydrogens (tertiary/aromatic N) is 5. The summed E-state index contributed by atoms with van der Waals surface area (Å²) in [5.74, 6) is 1.81. The Kier molecular flexibility index (Phi) is 11.4. The fourth-order valence-corrected chi connectivity index (χ4v) is 11.3. The molecule has 5 aliphatic rings. The van der Waals surface area contributed by atoms with Crippen LogP contribution in [-0.4, -0.2) is 104 Å². The van der Waals surface area contributed by atoms with Crippen LogP contribution in [0.3, 0.4) is 0 Å². The van der Waals surface area contributed by atoms with E-state index in [2.05, 4.69) is 87.6 Å². The van der Waals surface area contributed by atoms with E-state index in [9.17, 15) is 14.4 Å². The second-order valence-electron chi connectivity index (χ2n) is 19.2. The summed E-state index contributed by atoms with van der Waals surface area (Å²) in [7, 11) is 2.73. The number of benzene rings is 2. The lowest BCUT2D eigenvalue weighted by Gasteiger charge is -2.65. The molecule has 2 aromatic carbocycles. The first-order valence-electron chi connectivity index (χ1n) is 22.8. The van der Waals surface area contributed by atoms with Gasteiger partial charge < -0.3 is 35.0 Å². The van der Waals surface area contributed by atoms with E-state index < -0.39 is 18.2 Å². The molecule has 14 heteroatoms. The number of piperidine rings is 3. The van der Waals surface area contributed by atoms with Crippen LogP contribution in [0.4, 0.5) is 9.59 Å². The summed E-state index contributed by atoms with van der Waals surface area (Å²) >= 11 is 0. The number of imidazole rings is 2. The SMILES string of the molecule is COC(=O)N[C@H](C(=O)N1CCCC[C@H]1c1ncc(-c2ccc(-c3ccc(-c4cnc([C@@H]5CCCCN5C[C@@H](NC(=O)OC)C(C)C)[nH]4)cc3)c3c2C2CC4(C)CC3N24)[nH]1)C(C)C. The van der Waals surface area contributed by atoms with Gasteiger partial charge in [-0.25, -0.2) is 19.6 Å². The summed E-state index contributed by atoms with van der Waals surface area (Å²) in [6.07, 6.45) is 11.2. The Morgan fingerprint density at radius 3 is 1.97 bits per heavy atom. The molecule has 0 bridgehead atoms. The van der Waals surface area contributed by atoms with Crippen LogP contribution in [-0.2, 0) is 14.3 Å². The minimum absolute atomic E-state index is 0.0233. The Balaban J connectivity index is 0.966. The van der Waals surface area contributed by atoms with Crippen molar-refractivity contribution >= 4 is 18.1 Å². The summed E-state index contributed by atoms with van der Waals surface area (Å²) in [5.41, 5.74) is 9.81. The number of amides is 3. The van der Waals surface area contributed by atoms with Gasteiger partial charge in [0.1, 0.15) is 17.7 Å². The maximum Gasteiger partial charge on any atom is 0.407 e. The number of likely N-dealkylation sites (tertiary alicyclic amines) is 2. The topological polar surface area (TPSA) is 161 Å². The molecule has 0 saturated carbocycles. The van der Waals surface area contributed by atoms with Gasteiger partial charge in [-0.15, -0.1) is 0 Å². The average molecular weight is 846 g/mol. The van der Waals surface area contributed by atoms with E-state index >= 15 is 0 Å². The van der Waals surface area contributed by atoms with Crippen molar-refractivity contribution in [2.75, 3.05) is 33.9 Å². The number of carbonyl (C=O) groups is 3. The molecule has 0 aliphatic carbocycles. The highest BCUT2D eigenvalue weighted by Gasteiger charge is 2.66. The van der Waals surface area contributed by atoms with Crippen LogP contribution < -0.4 is 10.6 Å². The fraction of sp³-hybridized carbons (Fsp3) is 0.562. The maximum atomic E-state index is 14.0. The highest BCUT2D eigenvalue weighted by atomic mass is 16.5. The van der Waals surface area contributed by atoms with E-state index in [0.29, 0.717) is 18.6 Å². The molecule has 14 nitrogen and oxygen atoms in total. The van der Waals surface area contributed by atoms with Crippen LogP contribution >= 0.6 is 0 Å². The second kappa shape index (κ2) is 16.8. The van der Waals surface area contributed by atoms with Gasteiger partial charge in [-0.05, 0) is 98.1 Å². The number of H-pyrrole nitrogens is 2. The van der Waals surface area contributed by atoms with E-state index in [-0.39, 0.29) is 41.4 Å². The number of methoxy groups -OCH3 is 2. The zero-order chi connectivity index (χ0) is 43.4. The Labute approximate surface area is 364 Å². The van der Waals surface area contributed by atoms with Gasteiger partial charge in [0, 0.05) is 42.3 Å². The highest BCUT2D eigenvalue weighted by Crippen LogP contribution is 2.71. The number of nitrogens with one attached hydrogen (secondary N) is 4. The molecular formula is C48H63N9O5. The Morgan fingerprint density at radius 2 is 1.31 bits per heavy atom. The van der Waals surface area contributed by atoms with Gasteiger partial charge in [-0.3, -0.25) is 14.6 Å². The largest absolute Gasteiger partial charge is 0.453 e. The third-order valence-electron chi connectivity index (χ3n) is 14.6. The normalized spacial score (nSPS) is 25.3. The number of hydrogen-bond donors (Lipinski definition) is 4. The molecule has 62 heavy (non-hydrogen) atoms. The standard InChI is InChI=1S/C48H63N9O5/c1-27(2)35(53-46(59)61-6)26-55-20-10-8-12-36(55)43-49-24-33(51-43)30-16-14-29(15-17-30)31-18-19-32(41-39-23-48(5)22-38(40(31)41)57(39)48)34-25-50-44(52-34)37-13-9-11-21-56(37)45(58)42(28(3)4)54-47(60)62-7/h14-19,24-25,27-28,35-39,42H,8-13,20-23,26H2,1-7H3,(H,49,51)(H,50,52)(H,53,59)(H,54,60)/t35-,36+,37+,38?,39?,42+,48?/m1/s1. The Bertz CT molecular complexity index is 2300. The highest BCUT2D eigenvalue weighted by molar-refractivity contribution is 5.86. The van der Waals surface area contributed by atoms with E-state index in [4.69, 9.17) is 19.4 Å². The van der Waals surface area contributed by atoms with Crippen molar-refractivity contribution in [3.05, 3.63) is 71.6 Å². The molecule has 330 valence electrons. The van der Waals surface area contributed by atoms with Gasteiger partial charge in [0.05, 0.1) is 50.1 Å². The van der Waals surface area contributed by atoms with Crippen LogP contribution in [0.5, 0.6) is 0 Å². The molecule has 4 aromatic rings. The van der Waals surface area contributed by atoms with Crippen LogP contribution in [0, 0.1) is 11.8 Å². The zero-order valence-corrected chi connectivity index (χ0v) is 37.3. The summed E-state index contributed by atoms with van der Waals surface area (Å²) in [6.45, 7) is 12.9. The molecular weight excluding hydrogens is 783 g/mol. The third kappa shape index (κ3) is 7.46. The quantitative estimate of drug-likeness (QED) is 0.110. The summed E-state index contributed by atoms with van der Waals surface area (Å²) in [5, 5.41) is 5.81. The minimum atomic E-state index is -0.684. The molecule has 2 aromatic heterocycles. The van der Waals surface area contributed by atoms with E-state index in [1.807, 2.05) is 31.1 Å². The zero-order valence-electron chi connectivity index (χ0n) is 37.3. The van der Waals surface area contributed by atoms with Crippen molar-refractivity contribution in [1.29, 1.82) is 0 Å². The van der Waals surface area contributed by atoms with Crippen molar-refractivity contribution < 1.29 is 23.9 Å². The molecule has 4 fully saturated rings. The van der Waals surface area contributed by atoms with Crippen LogP contribution in [0.2, 0.25) is 0 Å². The molecule has 3 unspecified atom stereocenters. The first-order chi connectivity index (χ1) is 29.9. The van der Waals surface area contributed by atoms with Gasteiger partial charge in [0.25, 0.3) is 0 Å². The van der Waals surface area contributed by atoms with Crippen molar-refractivity contribution in [2.45, 2.75) is 128 Å². The van der Waals surface area contributed by atoms with Crippen LogP contribution in [0.15, 0.2) is 48.8 Å². The first kappa shape index (κ1) is 42.1. The number of carbonyl (C=O) groups excluding carboxylic acids is 3. The summed E-state index contributed by atoms with van der Waals surface area (Å²) in [6, 6.07) is 13.5. The van der Waals surface area contributed by atoms with Crippen LogP contribution in [0.25, 0.3) is 33.6 Å². The molecule has 9 rings (SSSR count). The number of fused-ring (bicyclic) bond motifs is 3. The van der Waals surface area contributed by atoms with Gasteiger partial charge in [0.15, 0.2) is 0 Å². The Morgan fingerprint density at radius 1 is 0.726 bits per heavy atom. The third-order valence-corrected chi connectivity index (χ3v) is 14.6.